The van der Waals surface area contributed by atoms with Crippen LogP contribution in [0.1, 0.15) is 6.92 Å². The van der Waals surface area contributed by atoms with Crippen LogP contribution in [0.4, 0.5) is 0 Å². The molecule has 0 bridgehead atoms. The maximum atomic E-state index is 4.33. The summed E-state index contributed by atoms with van der Waals surface area (Å²) < 4.78 is 5.39. The standard InChI is InChI=1S/C8H14INS/c1-2-10-8(7-11)9-5-3-4-6-9/h3-6,8,10-11H,2,7H2,1H3. The fraction of sp³-hybridized carbons (Fsp3) is 0.500. The summed E-state index contributed by atoms with van der Waals surface area (Å²) >= 11 is 3.40. The predicted molar refractivity (Wildman–Crippen MR) is 66.6 cm³/mol. The van der Waals surface area contributed by atoms with E-state index in [2.05, 4.69) is 45.0 Å². The molecule has 1 rings (SSSR count). The third kappa shape index (κ3) is 2.80. The third-order valence-corrected chi connectivity index (χ3v) is 7.61. The van der Waals surface area contributed by atoms with Crippen LogP contribution >= 0.6 is 31.5 Å². The third-order valence-electron chi connectivity index (χ3n) is 1.44. The quantitative estimate of drug-likeness (QED) is 0.345. The van der Waals surface area contributed by atoms with Gasteiger partial charge in [0, 0.05) is 5.75 Å². The fourth-order valence-corrected chi connectivity index (χ4v) is 6.21. The van der Waals surface area contributed by atoms with Crippen LogP contribution in [0.3, 0.4) is 0 Å². The minimum Gasteiger partial charge on any atom is -0.306 e. The molecule has 1 heterocycles. The van der Waals surface area contributed by atoms with Gasteiger partial charge in [-0.15, -0.1) is 18.9 Å². The Labute approximate surface area is 80.0 Å². The van der Waals surface area contributed by atoms with Crippen molar-refractivity contribution in [2.45, 2.75) is 11.0 Å². The van der Waals surface area contributed by atoms with Gasteiger partial charge in [0.05, 0.1) is 4.05 Å². The van der Waals surface area contributed by atoms with Crippen molar-refractivity contribution in [1.29, 1.82) is 0 Å². The van der Waals surface area contributed by atoms with Gasteiger partial charge in [0.1, 0.15) is 0 Å². The molecular formula is C8H14INS. The number of hydrogen-bond donors (Lipinski definition) is 2. The number of hydrogen-bond acceptors (Lipinski definition) is 2. The molecule has 0 radical (unpaired) electrons. The largest absolute Gasteiger partial charge is 0.306 e. The second-order valence-corrected chi connectivity index (χ2v) is 7.69. The van der Waals surface area contributed by atoms with E-state index in [1.165, 1.54) is 0 Å². The van der Waals surface area contributed by atoms with Gasteiger partial charge in [0.15, 0.2) is 0 Å². The molecule has 0 aliphatic carbocycles. The van der Waals surface area contributed by atoms with Crippen LogP contribution in [-0.2, 0) is 0 Å². The predicted octanol–water partition coefficient (Wildman–Crippen LogP) is 1.53. The minimum absolute atomic E-state index is 0.655. The van der Waals surface area contributed by atoms with E-state index in [0.717, 1.165) is 12.3 Å². The first-order valence-corrected chi connectivity index (χ1v) is 8.10. The molecule has 0 fully saturated rings. The second kappa shape index (κ2) is 5.22. The molecule has 0 aromatic rings. The van der Waals surface area contributed by atoms with Crippen molar-refractivity contribution >= 4 is 39.5 Å². The van der Waals surface area contributed by atoms with E-state index in [9.17, 15) is 0 Å². The molecule has 0 aromatic carbocycles. The number of alkyl halides is 1. The summed E-state index contributed by atoms with van der Waals surface area (Å²) in [6.07, 6.45) is 4.33. The molecule has 1 unspecified atom stereocenters. The van der Waals surface area contributed by atoms with E-state index in [-0.39, 0.29) is 0 Å². The van der Waals surface area contributed by atoms with Gasteiger partial charge in [-0.3, -0.25) is 0 Å². The Morgan fingerprint density at radius 3 is 2.55 bits per heavy atom. The second-order valence-electron chi connectivity index (χ2n) is 2.22. The maximum Gasteiger partial charge on any atom is 0.0592 e. The zero-order valence-electron chi connectivity index (χ0n) is 6.63. The fourth-order valence-electron chi connectivity index (χ4n) is 0.924. The summed E-state index contributed by atoms with van der Waals surface area (Å²) in [6, 6.07) is 0. The summed E-state index contributed by atoms with van der Waals surface area (Å²) in [5.74, 6) is 0.966. The summed E-state index contributed by atoms with van der Waals surface area (Å²) in [5.41, 5.74) is 0. The molecule has 3 heteroatoms. The molecule has 1 atom stereocenters. The van der Waals surface area contributed by atoms with Crippen LogP contribution in [-0.4, -0.2) is 24.4 Å². The molecule has 1 aliphatic heterocycles. The summed E-state index contributed by atoms with van der Waals surface area (Å²) in [6.45, 7) is 3.21. The molecule has 0 amide bonds. The Morgan fingerprint density at radius 1 is 1.45 bits per heavy atom. The molecule has 0 aromatic heterocycles. The van der Waals surface area contributed by atoms with Gasteiger partial charge in [-0.05, 0) is 14.6 Å². The lowest BCUT2D eigenvalue weighted by Crippen LogP contribution is -2.25. The van der Waals surface area contributed by atoms with Gasteiger partial charge >= 0.3 is 0 Å². The Morgan fingerprint density at radius 2 is 2.09 bits per heavy atom. The van der Waals surface area contributed by atoms with Crippen molar-refractivity contribution in [2.75, 3.05) is 12.3 Å². The summed E-state index contributed by atoms with van der Waals surface area (Å²) in [4.78, 5) is 0. The van der Waals surface area contributed by atoms with Crippen LogP contribution in [0.25, 0.3) is 0 Å². The number of allylic oxidation sites excluding steroid dienone is 2. The van der Waals surface area contributed by atoms with Crippen molar-refractivity contribution in [3.63, 3.8) is 0 Å². The van der Waals surface area contributed by atoms with Gasteiger partial charge in [-0.25, -0.2) is 0 Å². The highest BCUT2D eigenvalue weighted by atomic mass is 127. The molecule has 1 aliphatic rings. The lowest BCUT2D eigenvalue weighted by atomic mass is 10.6. The van der Waals surface area contributed by atoms with E-state index in [1.807, 2.05) is 0 Å². The molecular weight excluding hydrogens is 269 g/mol. The maximum absolute atomic E-state index is 4.33. The number of rotatable bonds is 4. The first-order chi connectivity index (χ1) is 5.38. The molecule has 0 saturated heterocycles. The normalized spacial score (nSPS) is 19.5. The topological polar surface area (TPSA) is 12.0 Å². The monoisotopic (exact) mass is 283 g/mol. The van der Waals surface area contributed by atoms with Crippen LogP contribution in [0.2, 0.25) is 0 Å². The van der Waals surface area contributed by atoms with Crippen molar-refractivity contribution in [1.82, 2.24) is 5.32 Å². The molecule has 1 N–H and O–H groups in total. The lowest BCUT2D eigenvalue weighted by molar-refractivity contribution is 0.748. The van der Waals surface area contributed by atoms with Crippen molar-refractivity contribution < 1.29 is 0 Å². The SMILES string of the molecule is CCNC(CS)I1=CC=CC=1. The highest BCUT2D eigenvalue weighted by molar-refractivity contribution is 14.2. The summed E-state index contributed by atoms with van der Waals surface area (Å²) in [5, 5.41) is 3.46. The minimum atomic E-state index is -0.930. The van der Waals surface area contributed by atoms with Gasteiger partial charge in [-0.1, -0.05) is 19.1 Å². The van der Waals surface area contributed by atoms with E-state index in [4.69, 9.17) is 0 Å². The Balaban J connectivity index is 2.56. The van der Waals surface area contributed by atoms with Crippen molar-refractivity contribution in [2.24, 2.45) is 0 Å². The Hall–Kier alpha value is 0.520. The highest BCUT2D eigenvalue weighted by Crippen LogP contribution is 2.19. The average molecular weight is 283 g/mol. The van der Waals surface area contributed by atoms with E-state index in [0.29, 0.717) is 4.05 Å². The van der Waals surface area contributed by atoms with E-state index in [1.54, 1.807) is 0 Å². The van der Waals surface area contributed by atoms with Crippen LogP contribution in [0.15, 0.2) is 12.2 Å². The van der Waals surface area contributed by atoms with Crippen LogP contribution in [0.5, 0.6) is 0 Å². The van der Waals surface area contributed by atoms with Gasteiger partial charge in [0.25, 0.3) is 0 Å². The lowest BCUT2D eigenvalue weighted by Gasteiger charge is -2.11. The molecule has 0 spiro atoms. The van der Waals surface area contributed by atoms with Gasteiger partial charge < -0.3 is 5.32 Å². The molecule has 0 saturated carbocycles. The Bertz CT molecular complexity index is 212. The average Bonchev–Trinajstić information content (AvgIpc) is 2.52. The number of halogens is 1. The zero-order valence-corrected chi connectivity index (χ0v) is 9.68. The highest BCUT2D eigenvalue weighted by Gasteiger charge is 2.02. The van der Waals surface area contributed by atoms with E-state index >= 15 is 0 Å². The number of thiol groups is 1. The molecule has 1 nitrogen and oxygen atoms in total. The molecule has 64 valence electrons. The van der Waals surface area contributed by atoms with Gasteiger partial charge in [-0.2, -0.15) is 12.6 Å². The summed E-state index contributed by atoms with van der Waals surface area (Å²) in [7, 11) is 0. The van der Waals surface area contributed by atoms with Crippen LogP contribution in [0, 0.1) is 0 Å². The van der Waals surface area contributed by atoms with E-state index < -0.39 is 18.9 Å². The smallest absolute Gasteiger partial charge is 0.0592 e. The first-order valence-electron chi connectivity index (χ1n) is 3.73. The van der Waals surface area contributed by atoms with Gasteiger partial charge in [0.2, 0.25) is 0 Å². The zero-order chi connectivity index (χ0) is 8.10. The number of nitrogens with one attached hydrogen (secondary N) is 1. The first kappa shape index (κ1) is 9.61. The molecule has 11 heavy (non-hydrogen) atoms. The Kier molecular flexibility index (Phi) is 4.56. The van der Waals surface area contributed by atoms with Crippen LogP contribution < -0.4 is 5.32 Å². The van der Waals surface area contributed by atoms with Crippen molar-refractivity contribution in [3.05, 3.63) is 12.2 Å². The van der Waals surface area contributed by atoms with Crippen molar-refractivity contribution in [3.8, 4) is 0 Å².